The fourth-order valence-electron chi connectivity index (χ4n) is 4.53. The summed E-state index contributed by atoms with van der Waals surface area (Å²) < 4.78 is 95.2. The van der Waals surface area contributed by atoms with Crippen molar-refractivity contribution in [1.29, 1.82) is 0 Å². The minimum Gasteiger partial charge on any atom is -0.480 e. The maximum Gasteiger partial charge on any atom is 0.490 e. The zero-order valence-corrected chi connectivity index (χ0v) is 31.5. The molecular formula is C33H47F9N6O11. The lowest BCUT2D eigenvalue weighted by molar-refractivity contribution is -0.193. The van der Waals surface area contributed by atoms with Gasteiger partial charge < -0.3 is 53.2 Å². The Morgan fingerprint density at radius 1 is 0.729 bits per heavy atom. The number of amides is 3. The molecule has 1 aliphatic rings. The second kappa shape index (κ2) is 25.3. The number of likely N-dealkylation sites (tertiary alicyclic amines) is 1. The Morgan fingerprint density at radius 3 is 1.49 bits per heavy atom. The number of halogens is 9. The van der Waals surface area contributed by atoms with Gasteiger partial charge in [0.1, 0.15) is 17.6 Å². The van der Waals surface area contributed by atoms with Crippen LogP contribution in [0.1, 0.15) is 57.9 Å². The maximum absolute atomic E-state index is 13.4. The molecule has 0 radical (unpaired) electrons. The highest BCUT2D eigenvalue weighted by molar-refractivity contribution is 5.93. The number of carbonyl (C=O) groups excluding carboxylic acids is 3. The molecule has 26 heteroatoms. The van der Waals surface area contributed by atoms with Crippen LogP contribution in [0.2, 0.25) is 0 Å². The first-order valence-electron chi connectivity index (χ1n) is 17.1. The molecule has 1 saturated heterocycles. The summed E-state index contributed by atoms with van der Waals surface area (Å²) in [6.07, 6.45) is -12.6. The summed E-state index contributed by atoms with van der Waals surface area (Å²) in [7, 11) is 0. The monoisotopic (exact) mass is 874 g/mol. The van der Waals surface area contributed by atoms with E-state index >= 15 is 0 Å². The zero-order valence-electron chi connectivity index (χ0n) is 31.5. The average Bonchev–Trinajstić information content (AvgIpc) is 3.10. The van der Waals surface area contributed by atoms with E-state index in [2.05, 4.69) is 10.6 Å². The highest BCUT2D eigenvalue weighted by Crippen LogP contribution is 2.22. The standard InChI is InChI=1S/C27H44N6O5.3C2HF3O2/c1-18(2)16-22(32-23(34)20(29)17-19-8-4-3-5-9-19)24(35)31-21(10-6-7-13-28)25(36)33-14-11-27(30,12-15-33)26(37)38;3*3-2(4,5)1(6)7/h3-5,8-9,18,20-22H,6-7,10-17,28-30H2,1-2H3,(H,31,35)(H,32,34)(H,37,38);3*(H,6,7)/t20-,21-,22-;;;/m1.../s1. The van der Waals surface area contributed by atoms with E-state index < -0.39 is 77.9 Å². The molecule has 1 aliphatic heterocycles. The molecule has 0 unspecified atom stereocenters. The van der Waals surface area contributed by atoms with Crippen molar-refractivity contribution in [3.63, 3.8) is 0 Å². The molecule has 17 nitrogen and oxygen atoms in total. The van der Waals surface area contributed by atoms with E-state index in [1.54, 1.807) is 4.90 Å². The largest absolute Gasteiger partial charge is 0.490 e. The minimum atomic E-state index is -5.08. The number of hydrogen-bond donors (Lipinski definition) is 9. The van der Waals surface area contributed by atoms with Crippen LogP contribution >= 0.6 is 0 Å². The summed E-state index contributed by atoms with van der Waals surface area (Å²) in [5.41, 5.74) is 17.3. The quantitative estimate of drug-likeness (QED) is 0.0955. The number of hydrogen-bond acceptors (Lipinski definition) is 10. The number of carboxylic acid groups (broad SMARTS) is 4. The number of unbranched alkanes of at least 4 members (excludes halogenated alkanes) is 1. The van der Waals surface area contributed by atoms with Crippen molar-refractivity contribution in [1.82, 2.24) is 15.5 Å². The molecule has 0 saturated carbocycles. The van der Waals surface area contributed by atoms with Crippen LogP contribution < -0.4 is 27.8 Å². The lowest BCUT2D eigenvalue weighted by Gasteiger charge is -2.38. The van der Waals surface area contributed by atoms with Crippen LogP contribution in [-0.2, 0) is 40.0 Å². The van der Waals surface area contributed by atoms with Gasteiger partial charge in [0.25, 0.3) is 0 Å². The van der Waals surface area contributed by atoms with Crippen molar-refractivity contribution in [2.75, 3.05) is 19.6 Å². The Hall–Kier alpha value is -5.24. The van der Waals surface area contributed by atoms with E-state index in [-0.39, 0.29) is 37.8 Å². The third-order valence-electron chi connectivity index (χ3n) is 7.66. The van der Waals surface area contributed by atoms with E-state index in [0.717, 1.165) is 5.56 Å². The minimum absolute atomic E-state index is 0.0959. The van der Waals surface area contributed by atoms with E-state index in [1.807, 2.05) is 44.2 Å². The fourth-order valence-corrected chi connectivity index (χ4v) is 4.53. The van der Waals surface area contributed by atoms with Crippen LogP contribution in [0.4, 0.5) is 39.5 Å². The number of carboxylic acids is 4. The highest BCUT2D eigenvalue weighted by atomic mass is 19.4. The van der Waals surface area contributed by atoms with Crippen molar-refractivity contribution in [3.8, 4) is 0 Å². The first-order valence-corrected chi connectivity index (χ1v) is 17.1. The Morgan fingerprint density at radius 2 is 1.14 bits per heavy atom. The summed E-state index contributed by atoms with van der Waals surface area (Å²) in [5.74, 6) is -10.5. The molecule has 0 aliphatic carbocycles. The van der Waals surface area contributed by atoms with Gasteiger partial charge in [-0.1, -0.05) is 44.2 Å². The van der Waals surface area contributed by atoms with Crippen molar-refractivity contribution in [2.24, 2.45) is 23.1 Å². The van der Waals surface area contributed by atoms with Crippen LogP contribution in [-0.4, -0.2) is 129 Å². The van der Waals surface area contributed by atoms with Gasteiger partial charge in [0, 0.05) is 13.1 Å². The first-order chi connectivity index (χ1) is 26.8. The van der Waals surface area contributed by atoms with Gasteiger partial charge >= 0.3 is 42.4 Å². The second-order valence-electron chi connectivity index (χ2n) is 13.0. The smallest absolute Gasteiger partial charge is 0.480 e. The van der Waals surface area contributed by atoms with Crippen molar-refractivity contribution < 1.29 is 93.5 Å². The fraction of sp³-hybridized carbons (Fsp3) is 0.606. The second-order valence-corrected chi connectivity index (χ2v) is 13.0. The number of rotatable bonds is 14. The molecule has 0 spiro atoms. The Kier molecular flexibility index (Phi) is 23.9. The average molecular weight is 875 g/mol. The summed E-state index contributed by atoms with van der Waals surface area (Å²) in [5, 5.41) is 36.4. The number of carbonyl (C=O) groups is 7. The van der Waals surface area contributed by atoms with Gasteiger partial charge in [-0.05, 0) is 63.0 Å². The molecule has 0 bridgehead atoms. The van der Waals surface area contributed by atoms with E-state index in [4.69, 9.17) is 46.9 Å². The number of piperidine rings is 1. The predicted molar refractivity (Wildman–Crippen MR) is 186 cm³/mol. The predicted octanol–water partition coefficient (Wildman–Crippen LogP) is 2.01. The molecule has 2 rings (SSSR count). The number of nitrogens with two attached hydrogens (primary N) is 3. The van der Waals surface area contributed by atoms with Gasteiger partial charge in [0.05, 0.1) is 6.04 Å². The summed E-state index contributed by atoms with van der Waals surface area (Å²) in [6.45, 7) is 4.71. The number of alkyl halides is 9. The van der Waals surface area contributed by atoms with Gasteiger partial charge in [-0.2, -0.15) is 39.5 Å². The summed E-state index contributed by atoms with van der Waals surface area (Å²) in [6, 6.07) is 6.87. The van der Waals surface area contributed by atoms with E-state index in [9.17, 15) is 63.8 Å². The van der Waals surface area contributed by atoms with Crippen LogP contribution in [0.3, 0.4) is 0 Å². The molecule has 3 atom stereocenters. The van der Waals surface area contributed by atoms with Gasteiger partial charge in [0.15, 0.2) is 0 Å². The van der Waals surface area contributed by atoms with Crippen LogP contribution in [0.25, 0.3) is 0 Å². The lowest BCUT2D eigenvalue weighted by atomic mass is 9.88. The van der Waals surface area contributed by atoms with Crippen molar-refractivity contribution >= 4 is 41.6 Å². The van der Waals surface area contributed by atoms with E-state index in [0.29, 0.717) is 38.6 Å². The zero-order chi connectivity index (χ0) is 46.5. The van der Waals surface area contributed by atoms with Gasteiger partial charge in [-0.25, -0.2) is 14.4 Å². The number of aliphatic carboxylic acids is 4. The molecule has 0 aromatic heterocycles. The Bertz CT molecular complexity index is 1470. The molecule has 12 N–H and O–H groups in total. The van der Waals surface area contributed by atoms with Crippen LogP contribution in [0.15, 0.2) is 30.3 Å². The summed E-state index contributed by atoms with van der Waals surface area (Å²) >= 11 is 0. The van der Waals surface area contributed by atoms with Gasteiger partial charge in [0.2, 0.25) is 17.7 Å². The van der Waals surface area contributed by atoms with Crippen molar-refractivity contribution in [2.45, 2.75) is 101 Å². The number of nitrogens with one attached hydrogen (secondary N) is 2. The Balaban J connectivity index is 0. The third kappa shape index (κ3) is 23.7. The highest BCUT2D eigenvalue weighted by Gasteiger charge is 2.41. The van der Waals surface area contributed by atoms with Crippen LogP contribution in [0, 0.1) is 5.92 Å². The molecule has 1 aromatic carbocycles. The molecular weight excluding hydrogens is 827 g/mol. The number of benzene rings is 1. The molecule has 59 heavy (non-hydrogen) atoms. The topological polar surface area (TPSA) is 306 Å². The Labute approximate surface area is 330 Å². The molecule has 1 aromatic rings. The molecule has 1 heterocycles. The van der Waals surface area contributed by atoms with Crippen LogP contribution in [0.5, 0.6) is 0 Å². The summed E-state index contributed by atoms with van der Waals surface area (Å²) in [4.78, 5) is 79.3. The third-order valence-corrected chi connectivity index (χ3v) is 7.66. The van der Waals surface area contributed by atoms with E-state index in [1.165, 1.54) is 0 Å². The van der Waals surface area contributed by atoms with Gasteiger partial charge in [-0.3, -0.25) is 19.2 Å². The molecule has 1 fully saturated rings. The van der Waals surface area contributed by atoms with Crippen molar-refractivity contribution in [3.05, 3.63) is 35.9 Å². The lowest BCUT2D eigenvalue weighted by Crippen LogP contribution is -2.60. The number of nitrogens with zero attached hydrogens (tertiary/aromatic N) is 1. The molecule has 3 amide bonds. The maximum atomic E-state index is 13.4. The normalized spacial score (nSPS) is 15.2. The van der Waals surface area contributed by atoms with Gasteiger partial charge in [-0.15, -0.1) is 0 Å². The first kappa shape index (κ1) is 55.9. The SMILES string of the molecule is CC(C)C[C@@H](NC(=O)[C@H](N)Cc1ccccc1)C(=O)N[C@H](CCCCN)C(=O)N1CCC(N)(C(=O)O)CC1.O=C(O)C(F)(F)F.O=C(O)C(F)(F)F.O=C(O)C(F)(F)F. The molecule has 338 valence electrons.